The van der Waals surface area contributed by atoms with Gasteiger partial charge in [-0.15, -0.1) is 0 Å². The Labute approximate surface area is 93.0 Å². The van der Waals surface area contributed by atoms with Crippen molar-refractivity contribution in [2.45, 2.75) is 39.5 Å². The van der Waals surface area contributed by atoms with Crippen molar-refractivity contribution in [3.63, 3.8) is 0 Å². The monoisotopic (exact) mass is 209 g/mol. The van der Waals surface area contributed by atoms with Crippen LogP contribution in [0.3, 0.4) is 0 Å². The highest BCUT2D eigenvalue weighted by atomic mass is 16.1. The molecule has 0 aromatic heterocycles. The van der Waals surface area contributed by atoms with E-state index in [1.807, 2.05) is 0 Å². The highest BCUT2D eigenvalue weighted by Gasteiger charge is 2.29. The molecule has 1 aliphatic heterocycles. The largest absolute Gasteiger partial charge is 0.303 e. The minimum atomic E-state index is 0.414. The van der Waals surface area contributed by atoms with Gasteiger partial charge >= 0.3 is 0 Å². The van der Waals surface area contributed by atoms with E-state index in [0.717, 1.165) is 37.6 Å². The van der Waals surface area contributed by atoms with Crippen molar-refractivity contribution >= 4 is 5.78 Å². The van der Waals surface area contributed by atoms with Crippen LogP contribution in [-0.2, 0) is 4.79 Å². The van der Waals surface area contributed by atoms with E-state index in [1.54, 1.807) is 0 Å². The third-order valence-corrected chi connectivity index (χ3v) is 3.93. The molecule has 0 radical (unpaired) electrons. The molecular formula is C13H23NO. The lowest BCUT2D eigenvalue weighted by molar-refractivity contribution is -0.129. The van der Waals surface area contributed by atoms with Gasteiger partial charge in [-0.2, -0.15) is 0 Å². The number of likely N-dealkylation sites (tertiary alicyclic amines) is 1. The highest BCUT2D eigenvalue weighted by molar-refractivity contribution is 5.86. The third kappa shape index (κ3) is 2.81. The van der Waals surface area contributed by atoms with Crippen molar-refractivity contribution in [3.05, 3.63) is 0 Å². The van der Waals surface area contributed by atoms with E-state index in [1.165, 1.54) is 19.5 Å². The molecule has 86 valence electrons. The van der Waals surface area contributed by atoms with E-state index in [0.29, 0.717) is 11.7 Å². The van der Waals surface area contributed by atoms with Crippen LogP contribution >= 0.6 is 0 Å². The average Bonchev–Trinajstić information content (AvgIpc) is 2.14. The average molecular weight is 209 g/mol. The lowest BCUT2D eigenvalue weighted by atomic mass is 9.81. The summed E-state index contributed by atoms with van der Waals surface area (Å²) >= 11 is 0. The Morgan fingerprint density at radius 3 is 2.40 bits per heavy atom. The van der Waals surface area contributed by atoms with Gasteiger partial charge in [0.15, 0.2) is 0 Å². The molecule has 2 aliphatic rings. The SMILES string of the molecule is CC1CC(C)CN(CCC2CCC2=O)C1. The summed E-state index contributed by atoms with van der Waals surface area (Å²) in [4.78, 5) is 13.8. The minimum absolute atomic E-state index is 0.414. The summed E-state index contributed by atoms with van der Waals surface area (Å²) in [5, 5.41) is 0. The Bertz CT molecular complexity index is 229. The molecule has 1 heterocycles. The van der Waals surface area contributed by atoms with Crippen LogP contribution in [-0.4, -0.2) is 30.3 Å². The van der Waals surface area contributed by atoms with E-state index in [-0.39, 0.29) is 0 Å². The molecule has 3 unspecified atom stereocenters. The van der Waals surface area contributed by atoms with Gasteiger partial charge in [-0.1, -0.05) is 13.8 Å². The van der Waals surface area contributed by atoms with Gasteiger partial charge in [-0.25, -0.2) is 0 Å². The fraction of sp³-hybridized carbons (Fsp3) is 0.923. The second-order valence-corrected chi connectivity index (χ2v) is 5.70. The summed E-state index contributed by atoms with van der Waals surface area (Å²) in [6, 6.07) is 0. The Hall–Kier alpha value is -0.370. The van der Waals surface area contributed by atoms with E-state index in [9.17, 15) is 4.79 Å². The number of carbonyl (C=O) groups is 1. The van der Waals surface area contributed by atoms with Gasteiger partial charge in [0.2, 0.25) is 0 Å². The minimum Gasteiger partial charge on any atom is -0.303 e. The summed E-state index contributed by atoms with van der Waals surface area (Å²) in [6.07, 6.45) is 4.48. The molecule has 0 amide bonds. The van der Waals surface area contributed by atoms with Gasteiger partial charge < -0.3 is 4.90 Å². The zero-order valence-electron chi connectivity index (χ0n) is 10.0. The number of rotatable bonds is 3. The Morgan fingerprint density at radius 2 is 1.93 bits per heavy atom. The van der Waals surface area contributed by atoms with Gasteiger partial charge in [0.1, 0.15) is 5.78 Å². The number of hydrogen-bond acceptors (Lipinski definition) is 2. The molecule has 0 N–H and O–H groups in total. The summed E-state index contributed by atoms with van der Waals surface area (Å²) in [7, 11) is 0. The molecule has 2 rings (SSSR count). The third-order valence-electron chi connectivity index (χ3n) is 3.93. The molecule has 0 aromatic carbocycles. The number of piperidine rings is 1. The fourth-order valence-electron chi connectivity index (χ4n) is 3.08. The molecule has 2 nitrogen and oxygen atoms in total. The Balaban J connectivity index is 1.71. The summed E-state index contributed by atoms with van der Waals surface area (Å²) in [5.74, 6) is 2.60. The highest BCUT2D eigenvalue weighted by Crippen LogP contribution is 2.27. The van der Waals surface area contributed by atoms with Crippen molar-refractivity contribution < 1.29 is 4.79 Å². The smallest absolute Gasteiger partial charge is 0.136 e. The van der Waals surface area contributed by atoms with Gasteiger partial charge in [-0.3, -0.25) is 4.79 Å². The first-order valence-electron chi connectivity index (χ1n) is 6.40. The van der Waals surface area contributed by atoms with Crippen LogP contribution in [0.1, 0.15) is 39.5 Å². The van der Waals surface area contributed by atoms with Crippen LogP contribution in [0.5, 0.6) is 0 Å². The van der Waals surface area contributed by atoms with Gasteiger partial charge in [0.25, 0.3) is 0 Å². The maximum atomic E-state index is 11.2. The molecule has 3 atom stereocenters. The molecule has 0 spiro atoms. The first-order valence-corrected chi connectivity index (χ1v) is 6.40. The van der Waals surface area contributed by atoms with Crippen LogP contribution in [0.2, 0.25) is 0 Å². The Kier molecular flexibility index (Phi) is 3.45. The van der Waals surface area contributed by atoms with E-state index < -0.39 is 0 Å². The standard InChI is InChI=1S/C13H23NO/c1-10-7-11(2)9-14(8-10)6-5-12-3-4-13(12)15/h10-12H,3-9H2,1-2H3. The number of hydrogen-bond donors (Lipinski definition) is 0. The lowest BCUT2D eigenvalue weighted by Gasteiger charge is -2.36. The van der Waals surface area contributed by atoms with Crippen molar-refractivity contribution in [1.29, 1.82) is 0 Å². The number of carbonyl (C=O) groups excluding carboxylic acids is 1. The zero-order chi connectivity index (χ0) is 10.8. The predicted octanol–water partition coefficient (Wildman–Crippen LogP) is 2.33. The summed E-state index contributed by atoms with van der Waals surface area (Å²) < 4.78 is 0. The first kappa shape index (κ1) is 11.1. The van der Waals surface area contributed by atoms with Crippen LogP contribution in [0.25, 0.3) is 0 Å². The molecule has 1 saturated carbocycles. The normalized spacial score (nSPS) is 37.7. The van der Waals surface area contributed by atoms with Crippen molar-refractivity contribution in [1.82, 2.24) is 4.90 Å². The molecule has 1 aliphatic carbocycles. The van der Waals surface area contributed by atoms with Gasteiger partial charge in [-0.05, 0) is 37.6 Å². The molecule has 2 fully saturated rings. The quantitative estimate of drug-likeness (QED) is 0.711. The first-order chi connectivity index (χ1) is 7.15. The van der Waals surface area contributed by atoms with E-state index in [4.69, 9.17) is 0 Å². The summed E-state index contributed by atoms with van der Waals surface area (Å²) in [5.41, 5.74) is 0. The maximum Gasteiger partial charge on any atom is 0.136 e. The van der Waals surface area contributed by atoms with Crippen LogP contribution < -0.4 is 0 Å². The molecule has 0 bridgehead atoms. The van der Waals surface area contributed by atoms with Crippen molar-refractivity contribution in [2.75, 3.05) is 19.6 Å². The Morgan fingerprint density at radius 1 is 1.27 bits per heavy atom. The van der Waals surface area contributed by atoms with E-state index >= 15 is 0 Å². The lowest BCUT2D eigenvalue weighted by Crippen LogP contribution is -2.40. The molecular weight excluding hydrogens is 186 g/mol. The van der Waals surface area contributed by atoms with Gasteiger partial charge in [0.05, 0.1) is 0 Å². The molecule has 2 heteroatoms. The maximum absolute atomic E-state index is 11.2. The predicted molar refractivity (Wildman–Crippen MR) is 61.7 cm³/mol. The molecule has 0 aromatic rings. The number of ketones is 1. The fourth-order valence-corrected chi connectivity index (χ4v) is 3.08. The number of nitrogens with zero attached hydrogens (tertiary/aromatic N) is 1. The molecule has 15 heavy (non-hydrogen) atoms. The van der Waals surface area contributed by atoms with Crippen LogP contribution in [0, 0.1) is 17.8 Å². The van der Waals surface area contributed by atoms with Crippen molar-refractivity contribution in [2.24, 2.45) is 17.8 Å². The van der Waals surface area contributed by atoms with Crippen LogP contribution in [0.15, 0.2) is 0 Å². The van der Waals surface area contributed by atoms with Crippen LogP contribution in [0.4, 0.5) is 0 Å². The van der Waals surface area contributed by atoms with E-state index in [2.05, 4.69) is 18.7 Å². The number of Topliss-reactive ketones (excluding diaryl/α,β-unsaturated/α-hetero) is 1. The summed E-state index contributed by atoms with van der Waals surface area (Å²) in [6.45, 7) is 8.32. The topological polar surface area (TPSA) is 20.3 Å². The second kappa shape index (κ2) is 4.65. The van der Waals surface area contributed by atoms with Crippen molar-refractivity contribution in [3.8, 4) is 0 Å². The second-order valence-electron chi connectivity index (χ2n) is 5.70. The zero-order valence-corrected chi connectivity index (χ0v) is 10.0. The molecule has 1 saturated heterocycles. The van der Waals surface area contributed by atoms with Gasteiger partial charge in [0, 0.05) is 25.4 Å².